The summed E-state index contributed by atoms with van der Waals surface area (Å²) in [5, 5.41) is 2.51. The first kappa shape index (κ1) is 34.7. The van der Waals surface area contributed by atoms with Crippen molar-refractivity contribution in [3.8, 4) is 0 Å². The lowest BCUT2D eigenvalue weighted by atomic mass is 9.80. The third-order valence-corrected chi connectivity index (χ3v) is 9.20. The third-order valence-electron chi connectivity index (χ3n) is 8.14. The summed E-state index contributed by atoms with van der Waals surface area (Å²) in [6, 6.07) is 36.9. The number of hydrogen-bond donors (Lipinski definition) is 1. The Morgan fingerprint density at radius 3 is 1.80 bits per heavy atom. The minimum Gasteiger partial charge on any atom is -0.358 e. The largest absolute Gasteiger partial charge is 0.523 e. The second-order valence-electron chi connectivity index (χ2n) is 11.3. The number of halogens is 3. The van der Waals surface area contributed by atoms with Gasteiger partial charge in [0, 0.05) is 18.2 Å². The van der Waals surface area contributed by atoms with Gasteiger partial charge in [-0.3, -0.25) is 13.5 Å². The highest BCUT2D eigenvalue weighted by atomic mass is 32.2. The predicted octanol–water partition coefficient (Wildman–Crippen LogP) is 6.03. The van der Waals surface area contributed by atoms with Crippen LogP contribution in [0.3, 0.4) is 0 Å². The fourth-order valence-electron chi connectivity index (χ4n) is 5.79. The van der Waals surface area contributed by atoms with Crippen LogP contribution in [0.1, 0.15) is 39.7 Å². The molecule has 1 saturated heterocycles. The number of nitrogens with one attached hydrogen (secondary N) is 1. The summed E-state index contributed by atoms with van der Waals surface area (Å²) in [6.45, 7) is -0.458. The Labute approximate surface area is 285 Å². The van der Waals surface area contributed by atoms with E-state index < -0.39 is 64.3 Å². The number of amides is 1. The highest BCUT2D eigenvalue weighted by Crippen LogP contribution is 2.42. The van der Waals surface area contributed by atoms with E-state index in [9.17, 15) is 31.2 Å². The van der Waals surface area contributed by atoms with Crippen LogP contribution in [0, 0.1) is 0 Å². The second kappa shape index (κ2) is 14.4. The van der Waals surface area contributed by atoms with Gasteiger partial charge in [-0.05, 0) is 34.9 Å². The maximum atomic E-state index is 13.5. The zero-order chi connectivity index (χ0) is 35.4. The molecule has 1 aromatic heterocycles. The van der Waals surface area contributed by atoms with Gasteiger partial charge in [-0.25, -0.2) is 4.79 Å². The van der Waals surface area contributed by atoms with E-state index in [4.69, 9.17) is 13.7 Å². The molecule has 1 amide bonds. The topological polar surface area (TPSA) is 126 Å². The minimum absolute atomic E-state index is 0.0798. The fraction of sp³-hybridized carbons (Fsp3) is 0.194. The lowest BCUT2D eigenvalue weighted by Gasteiger charge is -2.37. The van der Waals surface area contributed by atoms with E-state index in [1.165, 1.54) is 12.3 Å². The standard InChI is InChI=1S/C36H30F3N3O7S/c37-36(38,39)50(45,46)49-29-23-32(42-22-21-31(41-34(42)44)40-33(43)25-13-5-1-6-14-25)48-30(29)24-47-35(26-15-7-2-8-16-26,27-17-9-3-10-18-27)28-19-11-4-12-20-28/h1-22,29-30,32H,23-24H2,(H,40,41,43,44)/t29-,30+,32-/m0/s1. The maximum Gasteiger partial charge on any atom is 0.523 e. The van der Waals surface area contributed by atoms with Crippen LogP contribution in [-0.2, 0) is 29.4 Å². The van der Waals surface area contributed by atoms with Crippen LogP contribution in [0.2, 0.25) is 0 Å². The third kappa shape index (κ3) is 7.23. The molecule has 0 bridgehead atoms. The van der Waals surface area contributed by atoms with Crippen LogP contribution >= 0.6 is 0 Å². The van der Waals surface area contributed by atoms with Crippen molar-refractivity contribution in [1.29, 1.82) is 0 Å². The summed E-state index contributed by atoms with van der Waals surface area (Å²) in [5.74, 6) is -0.599. The van der Waals surface area contributed by atoms with Gasteiger partial charge in [0.2, 0.25) is 0 Å². The van der Waals surface area contributed by atoms with Crippen molar-refractivity contribution in [3.05, 3.63) is 166 Å². The number of anilines is 1. The van der Waals surface area contributed by atoms with Crippen LogP contribution in [0.5, 0.6) is 0 Å². The Balaban J connectivity index is 1.33. The Morgan fingerprint density at radius 1 is 0.820 bits per heavy atom. The summed E-state index contributed by atoms with van der Waals surface area (Å²) in [6.07, 6.45) is -3.65. The second-order valence-corrected chi connectivity index (χ2v) is 12.9. The van der Waals surface area contributed by atoms with Gasteiger partial charge in [-0.2, -0.15) is 26.6 Å². The Hall–Kier alpha value is -5.15. The fourth-order valence-corrected chi connectivity index (χ4v) is 6.43. The zero-order valence-electron chi connectivity index (χ0n) is 26.1. The molecule has 1 N–H and O–H groups in total. The van der Waals surface area contributed by atoms with E-state index in [0.29, 0.717) is 22.3 Å². The van der Waals surface area contributed by atoms with Gasteiger partial charge < -0.3 is 14.8 Å². The molecule has 0 aliphatic carbocycles. The number of aromatic nitrogens is 2. The predicted molar refractivity (Wildman–Crippen MR) is 176 cm³/mol. The van der Waals surface area contributed by atoms with Crippen molar-refractivity contribution in [3.63, 3.8) is 0 Å². The normalized spacial score (nSPS) is 18.1. The summed E-state index contributed by atoms with van der Waals surface area (Å²) in [7, 11) is -6.07. The lowest BCUT2D eigenvalue weighted by molar-refractivity contribution is -0.0960. The van der Waals surface area contributed by atoms with Gasteiger partial charge in [0.25, 0.3) is 5.91 Å². The van der Waals surface area contributed by atoms with Gasteiger partial charge in [-0.15, -0.1) is 0 Å². The summed E-state index contributed by atoms with van der Waals surface area (Å²) in [5.41, 5.74) is -5.58. The SMILES string of the molecule is O=C(Nc1ccn([C@@H]2C[C@H](OS(=O)(=O)C(F)(F)F)[C@@H](COC(c3ccccc3)(c3ccccc3)c3ccccc3)O2)c(=O)n1)c1ccccc1. The van der Waals surface area contributed by atoms with Crippen LogP contribution < -0.4 is 11.0 Å². The zero-order valence-corrected chi connectivity index (χ0v) is 27.0. The van der Waals surface area contributed by atoms with Gasteiger partial charge in [0.1, 0.15) is 29.9 Å². The molecule has 0 spiro atoms. The molecule has 1 fully saturated rings. The maximum absolute atomic E-state index is 13.5. The highest BCUT2D eigenvalue weighted by Gasteiger charge is 2.52. The molecule has 6 rings (SSSR count). The number of benzene rings is 4. The average molecular weight is 706 g/mol. The van der Waals surface area contributed by atoms with Crippen molar-refractivity contribution in [1.82, 2.24) is 9.55 Å². The number of carbonyl (C=O) groups excluding carboxylic acids is 1. The van der Waals surface area contributed by atoms with E-state index >= 15 is 0 Å². The van der Waals surface area contributed by atoms with Gasteiger partial charge >= 0.3 is 21.3 Å². The van der Waals surface area contributed by atoms with Crippen LogP contribution in [0.15, 0.2) is 138 Å². The number of alkyl halides is 3. The molecular formula is C36H30F3N3O7S. The molecule has 0 unspecified atom stereocenters. The smallest absolute Gasteiger partial charge is 0.358 e. The molecule has 0 radical (unpaired) electrons. The minimum atomic E-state index is -6.07. The lowest BCUT2D eigenvalue weighted by Crippen LogP contribution is -2.40. The Bertz CT molecular complexity index is 1990. The van der Waals surface area contributed by atoms with Gasteiger partial charge in [0.15, 0.2) is 0 Å². The first-order chi connectivity index (χ1) is 24.0. The van der Waals surface area contributed by atoms with Crippen LogP contribution in [0.4, 0.5) is 19.0 Å². The van der Waals surface area contributed by atoms with Crippen LogP contribution in [-0.4, -0.2) is 48.2 Å². The number of carbonyl (C=O) groups is 1. The first-order valence-electron chi connectivity index (χ1n) is 15.4. The molecular weight excluding hydrogens is 675 g/mol. The van der Waals surface area contributed by atoms with Gasteiger partial charge in [-0.1, -0.05) is 109 Å². The molecule has 1 aliphatic rings. The molecule has 14 heteroatoms. The molecule has 50 heavy (non-hydrogen) atoms. The summed E-state index contributed by atoms with van der Waals surface area (Å²) < 4.78 is 83.5. The molecule has 2 heterocycles. The Kier molecular flexibility index (Phi) is 9.97. The molecule has 5 aromatic rings. The van der Waals surface area contributed by atoms with Crippen molar-refractivity contribution in [2.75, 3.05) is 11.9 Å². The quantitative estimate of drug-likeness (QED) is 0.100. The van der Waals surface area contributed by atoms with Gasteiger partial charge in [0.05, 0.1) is 6.61 Å². The van der Waals surface area contributed by atoms with Crippen molar-refractivity contribution in [2.45, 2.75) is 36.0 Å². The van der Waals surface area contributed by atoms with Crippen molar-refractivity contribution >= 4 is 21.8 Å². The van der Waals surface area contributed by atoms with E-state index in [1.54, 1.807) is 30.3 Å². The molecule has 10 nitrogen and oxygen atoms in total. The number of nitrogens with zero attached hydrogens (tertiary/aromatic N) is 2. The van der Waals surface area contributed by atoms with Crippen LogP contribution in [0.25, 0.3) is 0 Å². The molecule has 0 saturated carbocycles. The number of rotatable bonds is 11. The monoisotopic (exact) mass is 705 g/mol. The number of hydrogen-bond acceptors (Lipinski definition) is 8. The molecule has 258 valence electrons. The summed E-state index contributed by atoms with van der Waals surface area (Å²) in [4.78, 5) is 29.6. The van der Waals surface area contributed by atoms with E-state index in [-0.39, 0.29) is 5.82 Å². The highest BCUT2D eigenvalue weighted by molar-refractivity contribution is 7.87. The van der Waals surface area contributed by atoms with E-state index in [0.717, 1.165) is 4.57 Å². The summed E-state index contributed by atoms with van der Waals surface area (Å²) >= 11 is 0. The van der Waals surface area contributed by atoms with E-state index in [1.807, 2.05) is 91.0 Å². The average Bonchev–Trinajstić information content (AvgIpc) is 3.51. The van der Waals surface area contributed by atoms with Crippen molar-refractivity contribution < 1.29 is 40.0 Å². The molecule has 4 aromatic carbocycles. The number of ether oxygens (including phenoxy) is 2. The Morgan fingerprint density at radius 2 is 1.32 bits per heavy atom. The molecule has 3 atom stereocenters. The van der Waals surface area contributed by atoms with Crippen molar-refractivity contribution in [2.24, 2.45) is 0 Å². The molecule has 1 aliphatic heterocycles. The first-order valence-corrected chi connectivity index (χ1v) is 16.8. The van der Waals surface area contributed by atoms with E-state index in [2.05, 4.69) is 10.3 Å².